The van der Waals surface area contributed by atoms with Gasteiger partial charge >= 0.3 is 13.7 Å². The van der Waals surface area contributed by atoms with E-state index in [0.717, 1.165) is 37.5 Å². The smallest absolute Gasteiger partial charge is 0.459 e. The molecule has 240 valence electrons. The predicted molar refractivity (Wildman–Crippen MR) is 164 cm³/mol. The number of rotatable bonds is 10. The van der Waals surface area contributed by atoms with Crippen LogP contribution in [-0.2, 0) is 23.4 Å². The molecule has 1 aliphatic carbocycles. The van der Waals surface area contributed by atoms with Crippen LogP contribution in [-0.4, -0.2) is 72.8 Å². The first-order valence-electron chi connectivity index (χ1n) is 14.7. The van der Waals surface area contributed by atoms with Crippen LogP contribution in [0.2, 0.25) is 5.28 Å². The Morgan fingerprint density at radius 3 is 2.71 bits per heavy atom. The second-order valence-electron chi connectivity index (χ2n) is 11.1. The molecule has 2 aromatic heterocycles. The van der Waals surface area contributed by atoms with Crippen LogP contribution in [0, 0.1) is 0 Å². The van der Waals surface area contributed by atoms with Crippen LogP contribution < -0.4 is 15.3 Å². The van der Waals surface area contributed by atoms with Gasteiger partial charge in [0.2, 0.25) is 5.28 Å². The van der Waals surface area contributed by atoms with Crippen molar-refractivity contribution in [3.8, 4) is 5.75 Å². The number of aliphatic hydroxyl groups is 2. The van der Waals surface area contributed by atoms with Gasteiger partial charge in [-0.2, -0.15) is 5.09 Å². The first-order chi connectivity index (χ1) is 21.6. The van der Waals surface area contributed by atoms with Crippen LogP contribution in [0.3, 0.4) is 0 Å². The molecule has 1 saturated carbocycles. The van der Waals surface area contributed by atoms with Gasteiger partial charge in [-0.1, -0.05) is 42.8 Å². The van der Waals surface area contributed by atoms with Crippen molar-refractivity contribution >= 4 is 53.1 Å². The largest absolute Gasteiger partial charge is 0.461 e. The molecule has 1 aliphatic heterocycles. The number of hydrogen-bond acceptors (Lipinski definition) is 12. The van der Waals surface area contributed by atoms with Crippen molar-refractivity contribution in [2.75, 3.05) is 12.3 Å². The van der Waals surface area contributed by atoms with Crippen molar-refractivity contribution < 1.29 is 38.1 Å². The summed E-state index contributed by atoms with van der Waals surface area (Å²) in [6.45, 7) is 1.00. The molecule has 3 heterocycles. The summed E-state index contributed by atoms with van der Waals surface area (Å²) in [4.78, 5) is 25.2. The Bertz CT molecular complexity index is 1730. The number of ether oxygens (including phenoxy) is 2. The molecule has 2 unspecified atom stereocenters. The van der Waals surface area contributed by atoms with E-state index in [-0.39, 0.29) is 34.1 Å². The van der Waals surface area contributed by atoms with Gasteiger partial charge in [0, 0.05) is 5.39 Å². The fourth-order valence-corrected chi connectivity index (χ4v) is 7.39. The molecule has 1 saturated heterocycles. The zero-order valence-corrected chi connectivity index (χ0v) is 26.0. The maximum absolute atomic E-state index is 14.3. The summed E-state index contributed by atoms with van der Waals surface area (Å²) in [6.07, 6.45) is 0.152. The molecule has 4 aromatic rings. The molecule has 16 heteroatoms. The van der Waals surface area contributed by atoms with Gasteiger partial charge in [0.05, 0.1) is 6.61 Å². The van der Waals surface area contributed by atoms with E-state index in [0.29, 0.717) is 5.39 Å². The first-order valence-corrected chi connectivity index (χ1v) is 16.6. The van der Waals surface area contributed by atoms with Gasteiger partial charge < -0.3 is 29.9 Å². The van der Waals surface area contributed by atoms with E-state index in [1.54, 1.807) is 18.2 Å². The number of carbonyl (C=O) groups excluding carboxylic acids is 1. The van der Waals surface area contributed by atoms with Crippen molar-refractivity contribution in [3.05, 3.63) is 54.1 Å². The molecule has 0 radical (unpaired) electrons. The maximum atomic E-state index is 14.3. The number of imidazole rings is 1. The number of nitrogens with one attached hydrogen (secondary N) is 1. The van der Waals surface area contributed by atoms with E-state index in [2.05, 4.69) is 20.0 Å². The number of nitrogens with zero attached hydrogens (tertiary/aromatic N) is 4. The van der Waals surface area contributed by atoms with Crippen molar-refractivity contribution in [3.63, 3.8) is 0 Å². The zero-order chi connectivity index (χ0) is 31.7. The molecule has 45 heavy (non-hydrogen) atoms. The molecular formula is C29H34ClN6O8P. The van der Waals surface area contributed by atoms with Crippen molar-refractivity contribution in [1.29, 1.82) is 0 Å². The van der Waals surface area contributed by atoms with Crippen molar-refractivity contribution in [2.45, 2.75) is 75.7 Å². The predicted octanol–water partition coefficient (Wildman–Crippen LogP) is 3.89. The summed E-state index contributed by atoms with van der Waals surface area (Å²) in [6, 6.07) is 11.5. The van der Waals surface area contributed by atoms with Crippen LogP contribution in [0.25, 0.3) is 21.9 Å². The highest BCUT2D eigenvalue weighted by molar-refractivity contribution is 7.52. The van der Waals surface area contributed by atoms with E-state index in [1.807, 2.05) is 24.3 Å². The standard InChI is InChI=1S/C29H34ClN6O8P/c1-16(28(39)42-18-10-3-2-4-11-18)35-45(40,44-20-13-7-9-17-8-5-6-12-19(17)20)41-14-21-23(37)24(38)27(43-21)36-26-22(34-29(36)30)25(31)32-15-33-26/h5-9,12-13,15-16,18,21,23-24,27,37-38H,2-4,10-11,14H2,1H3,(H,35,40)(H2,31,32,33)/t16-,21+,23-,24?,27+,45?/m0/s1. The normalized spacial score (nSPS) is 24.4. The quantitative estimate of drug-likeness (QED) is 0.109. The molecule has 5 N–H and O–H groups in total. The summed E-state index contributed by atoms with van der Waals surface area (Å²) < 4.78 is 39.0. The number of esters is 1. The number of fused-ring (bicyclic) bond motifs is 2. The minimum absolute atomic E-state index is 0.0716. The summed E-state index contributed by atoms with van der Waals surface area (Å²) in [7, 11) is -4.35. The molecule has 14 nitrogen and oxygen atoms in total. The minimum Gasteiger partial charge on any atom is -0.461 e. The average molecular weight is 661 g/mol. The van der Waals surface area contributed by atoms with E-state index >= 15 is 0 Å². The molecule has 0 bridgehead atoms. The van der Waals surface area contributed by atoms with Crippen LogP contribution >= 0.6 is 19.3 Å². The molecule has 2 aliphatic rings. The van der Waals surface area contributed by atoms with Gasteiger partial charge in [-0.3, -0.25) is 13.9 Å². The molecule has 6 rings (SSSR count). The fraction of sp³-hybridized carbons (Fsp3) is 0.448. The number of nitrogens with two attached hydrogens (primary N) is 1. The number of nitrogen functional groups attached to an aromatic ring is 1. The molecule has 2 fully saturated rings. The zero-order valence-electron chi connectivity index (χ0n) is 24.4. The molecule has 2 aromatic carbocycles. The highest BCUT2D eigenvalue weighted by atomic mass is 35.5. The Hall–Kier alpha value is -3.36. The highest BCUT2D eigenvalue weighted by Gasteiger charge is 2.47. The van der Waals surface area contributed by atoms with E-state index in [9.17, 15) is 19.6 Å². The third-order valence-corrected chi connectivity index (χ3v) is 9.87. The Morgan fingerprint density at radius 2 is 1.91 bits per heavy atom. The summed E-state index contributed by atoms with van der Waals surface area (Å²) >= 11 is 6.33. The Balaban J connectivity index is 1.22. The van der Waals surface area contributed by atoms with Gasteiger partial charge in [0.25, 0.3) is 0 Å². The van der Waals surface area contributed by atoms with E-state index < -0.39 is 50.9 Å². The number of carbonyl (C=O) groups is 1. The van der Waals surface area contributed by atoms with Gasteiger partial charge in [-0.25, -0.2) is 19.5 Å². The lowest BCUT2D eigenvalue weighted by atomic mass is 9.98. The molecule has 0 spiro atoms. The first kappa shape index (κ1) is 31.6. The Kier molecular flexibility index (Phi) is 9.25. The second kappa shape index (κ2) is 13.2. The Morgan fingerprint density at radius 1 is 1.16 bits per heavy atom. The fourth-order valence-electron chi connectivity index (χ4n) is 5.61. The van der Waals surface area contributed by atoms with Crippen molar-refractivity contribution in [1.82, 2.24) is 24.6 Å². The molecular weight excluding hydrogens is 627 g/mol. The number of anilines is 1. The topological polar surface area (TPSA) is 193 Å². The van der Waals surface area contributed by atoms with Gasteiger partial charge in [0.15, 0.2) is 23.2 Å². The number of benzene rings is 2. The lowest BCUT2D eigenvalue weighted by molar-refractivity contribution is -0.152. The number of aliphatic hydroxyl groups excluding tert-OH is 2. The monoisotopic (exact) mass is 660 g/mol. The van der Waals surface area contributed by atoms with Crippen LogP contribution in [0.1, 0.15) is 45.3 Å². The number of halogens is 1. The minimum atomic E-state index is -4.35. The van der Waals surface area contributed by atoms with Crippen molar-refractivity contribution in [2.24, 2.45) is 0 Å². The van der Waals surface area contributed by atoms with E-state index in [4.69, 9.17) is 35.9 Å². The highest BCUT2D eigenvalue weighted by Crippen LogP contribution is 2.48. The number of hydrogen-bond donors (Lipinski definition) is 4. The van der Waals surface area contributed by atoms with Gasteiger partial charge in [-0.05, 0) is 55.7 Å². The third kappa shape index (κ3) is 6.63. The van der Waals surface area contributed by atoms with Crippen LogP contribution in [0.15, 0.2) is 48.8 Å². The average Bonchev–Trinajstić information content (AvgIpc) is 3.51. The SMILES string of the molecule is C[C@H](NP(=O)(OC[C@H]1O[C@@H](n2c(Cl)nc3c(N)ncnc32)C(O)[C@H]1O)Oc1cccc2ccccc12)C(=O)OC1CCCCC1. The number of aromatic nitrogens is 4. The lowest BCUT2D eigenvalue weighted by Gasteiger charge is -2.27. The summed E-state index contributed by atoms with van der Waals surface area (Å²) in [5, 5.41) is 25.9. The molecule has 6 atom stereocenters. The maximum Gasteiger partial charge on any atom is 0.459 e. The van der Waals surface area contributed by atoms with Gasteiger partial charge in [0.1, 0.15) is 42.5 Å². The second-order valence-corrected chi connectivity index (χ2v) is 13.2. The summed E-state index contributed by atoms with van der Waals surface area (Å²) in [5.74, 6) is -0.276. The lowest BCUT2D eigenvalue weighted by Crippen LogP contribution is -2.38. The third-order valence-electron chi connectivity index (χ3n) is 7.97. The van der Waals surface area contributed by atoms with E-state index in [1.165, 1.54) is 17.8 Å². The van der Waals surface area contributed by atoms with Crippen LogP contribution in [0.4, 0.5) is 5.82 Å². The van der Waals surface area contributed by atoms with Gasteiger partial charge in [-0.15, -0.1) is 0 Å². The molecule has 0 amide bonds. The van der Waals surface area contributed by atoms with Crippen LogP contribution in [0.5, 0.6) is 5.75 Å². The Labute approximate surface area is 263 Å². The summed E-state index contributed by atoms with van der Waals surface area (Å²) in [5.41, 5.74) is 6.27.